The molecule has 1 fully saturated rings. The van der Waals surface area contributed by atoms with Gasteiger partial charge in [-0.15, -0.1) is 0 Å². The van der Waals surface area contributed by atoms with Crippen LogP contribution in [0.5, 0.6) is 0 Å². The number of benzene rings is 1. The van der Waals surface area contributed by atoms with Crippen LogP contribution in [0.2, 0.25) is 5.02 Å². The zero-order valence-electron chi connectivity index (χ0n) is 16.2. The van der Waals surface area contributed by atoms with E-state index in [9.17, 15) is 8.42 Å². The summed E-state index contributed by atoms with van der Waals surface area (Å²) in [6.07, 6.45) is 6.94. The minimum Gasteiger partial charge on any atom is -0.327 e. The SMILES string of the molecule is Cc1cnc(C2CCCN2S(=O)(=O)Cc2ccccc2Cl)n1Cc1cccnc1. The molecule has 2 aromatic heterocycles. The average molecular weight is 431 g/mol. The summed E-state index contributed by atoms with van der Waals surface area (Å²) in [5.41, 5.74) is 2.67. The molecule has 3 heterocycles. The van der Waals surface area contributed by atoms with Gasteiger partial charge in [-0.1, -0.05) is 35.9 Å². The molecule has 0 saturated carbocycles. The van der Waals surface area contributed by atoms with E-state index in [0.717, 1.165) is 29.9 Å². The van der Waals surface area contributed by atoms with Gasteiger partial charge in [-0.2, -0.15) is 4.31 Å². The lowest BCUT2D eigenvalue weighted by molar-refractivity contribution is 0.373. The van der Waals surface area contributed by atoms with E-state index in [-0.39, 0.29) is 11.8 Å². The Morgan fingerprint density at radius 2 is 2.00 bits per heavy atom. The monoisotopic (exact) mass is 430 g/mol. The van der Waals surface area contributed by atoms with Crippen molar-refractivity contribution in [1.82, 2.24) is 18.8 Å². The minimum absolute atomic E-state index is 0.106. The Morgan fingerprint density at radius 3 is 2.76 bits per heavy atom. The van der Waals surface area contributed by atoms with Crippen LogP contribution in [0.1, 0.15) is 41.5 Å². The first-order chi connectivity index (χ1) is 14.0. The molecule has 29 heavy (non-hydrogen) atoms. The number of hydrogen-bond acceptors (Lipinski definition) is 4. The lowest BCUT2D eigenvalue weighted by Gasteiger charge is -2.25. The molecule has 0 aliphatic carbocycles. The van der Waals surface area contributed by atoms with Gasteiger partial charge in [0.05, 0.1) is 18.3 Å². The summed E-state index contributed by atoms with van der Waals surface area (Å²) in [4.78, 5) is 8.77. The fraction of sp³-hybridized carbons (Fsp3) is 0.333. The van der Waals surface area contributed by atoms with E-state index in [1.165, 1.54) is 0 Å². The Hall–Kier alpha value is -2.22. The second-order valence-corrected chi connectivity index (χ2v) is 9.65. The van der Waals surface area contributed by atoms with Crippen molar-refractivity contribution >= 4 is 21.6 Å². The number of halogens is 1. The van der Waals surface area contributed by atoms with Gasteiger partial charge in [0.25, 0.3) is 0 Å². The lowest BCUT2D eigenvalue weighted by Crippen LogP contribution is -2.33. The molecule has 8 heteroatoms. The third kappa shape index (κ3) is 4.22. The zero-order valence-corrected chi connectivity index (χ0v) is 17.8. The number of nitrogens with zero attached hydrogens (tertiary/aromatic N) is 4. The second kappa shape index (κ2) is 8.26. The van der Waals surface area contributed by atoms with Crippen LogP contribution in [-0.2, 0) is 22.3 Å². The number of pyridine rings is 1. The van der Waals surface area contributed by atoms with Crippen molar-refractivity contribution in [2.24, 2.45) is 0 Å². The highest BCUT2D eigenvalue weighted by Gasteiger charge is 2.38. The van der Waals surface area contributed by atoms with Crippen molar-refractivity contribution in [2.75, 3.05) is 6.54 Å². The summed E-state index contributed by atoms with van der Waals surface area (Å²) in [6.45, 7) is 3.10. The smallest absolute Gasteiger partial charge is 0.219 e. The van der Waals surface area contributed by atoms with E-state index < -0.39 is 10.0 Å². The molecule has 0 N–H and O–H groups in total. The van der Waals surface area contributed by atoms with Crippen molar-refractivity contribution in [2.45, 2.75) is 38.1 Å². The van der Waals surface area contributed by atoms with Crippen LogP contribution in [0.15, 0.2) is 55.0 Å². The first kappa shape index (κ1) is 20.1. The predicted molar refractivity (Wildman–Crippen MR) is 113 cm³/mol. The van der Waals surface area contributed by atoms with Crippen LogP contribution in [0.4, 0.5) is 0 Å². The standard InChI is InChI=1S/C21H23ClN4O2S/c1-16-12-24-21(25(16)14-17-6-4-10-23-13-17)20-9-5-11-26(20)29(27,28)15-18-7-2-3-8-19(18)22/h2-4,6-8,10,12-13,20H,5,9,11,14-15H2,1H3. The number of hydrogen-bond donors (Lipinski definition) is 0. The van der Waals surface area contributed by atoms with Crippen molar-refractivity contribution in [3.8, 4) is 0 Å². The van der Waals surface area contributed by atoms with Gasteiger partial charge in [0.15, 0.2) is 0 Å². The molecule has 6 nitrogen and oxygen atoms in total. The molecule has 1 aromatic carbocycles. The molecular formula is C21H23ClN4O2S. The molecule has 0 radical (unpaired) electrons. The van der Waals surface area contributed by atoms with Crippen LogP contribution >= 0.6 is 11.6 Å². The van der Waals surface area contributed by atoms with Crippen LogP contribution in [0.3, 0.4) is 0 Å². The topological polar surface area (TPSA) is 68.1 Å². The third-order valence-corrected chi connectivity index (χ3v) is 7.50. The van der Waals surface area contributed by atoms with E-state index >= 15 is 0 Å². The van der Waals surface area contributed by atoms with Gasteiger partial charge in [-0.25, -0.2) is 13.4 Å². The molecule has 1 aliphatic heterocycles. The van der Waals surface area contributed by atoms with Gasteiger partial charge >= 0.3 is 0 Å². The van der Waals surface area contributed by atoms with Crippen LogP contribution < -0.4 is 0 Å². The van der Waals surface area contributed by atoms with Gasteiger partial charge in [0.2, 0.25) is 10.0 Å². The fourth-order valence-corrected chi connectivity index (χ4v) is 5.94. The molecule has 1 unspecified atom stereocenters. The highest BCUT2D eigenvalue weighted by Crippen LogP contribution is 2.35. The van der Waals surface area contributed by atoms with Gasteiger partial charge in [-0.3, -0.25) is 4.98 Å². The minimum atomic E-state index is -3.53. The Morgan fingerprint density at radius 1 is 1.17 bits per heavy atom. The van der Waals surface area contributed by atoms with Crippen LogP contribution in [-0.4, -0.2) is 33.8 Å². The molecule has 0 spiro atoms. The largest absolute Gasteiger partial charge is 0.327 e. The predicted octanol–water partition coefficient (Wildman–Crippen LogP) is 3.96. The molecule has 1 saturated heterocycles. The number of aromatic nitrogens is 3. The van der Waals surface area contributed by atoms with Gasteiger partial charge in [0, 0.05) is 35.9 Å². The number of imidazole rings is 1. The maximum Gasteiger partial charge on any atom is 0.219 e. The molecule has 152 valence electrons. The van der Waals surface area contributed by atoms with Gasteiger partial charge < -0.3 is 4.57 Å². The third-order valence-electron chi connectivity index (χ3n) is 5.30. The first-order valence-electron chi connectivity index (χ1n) is 9.59. The average Bonchev–Trinajstić information content (AvgIpc) is 3.32. The van der Waals surface area contributed by atoms with E-state index in [4.69, 9.17) is 11.6 Å². The Balaban J connectivity index is 1.63. The molecule has 0 amide bonds. The molecule has 3 aromatic rings. The Bertz CT molecular complexity index is 1100. The summed E-state index contributed by atoms with van der Waals surface area (Å²) in [5.74, 6) is 0.678. The van der Waals surface area contributed by atoms with Crippen LogP contribution in [0, 0.1) is 6.92 Å². The summed E-state index contributed by atoms with van der Waals surface area (Å²) in [5, 5.41) is 0.473. The van der Waals surface area contributed by atoms with E-state index in [1.807, 2.05) is 37.5 Å². The maximum absolute atomic E-state index is 13.2. The molecular weight excluding hydrogens is 408 g/mol. The number of aryl methyl sites for hydroxylation is 1. The van der Waals surface area contributed by atoms with E-state index in [1.54, 1.807) is 28.7 Å². The van der Waals surface area contributed by atoms with Crippen molar-refractivity contribution < 1.29 is 8.42 Å². The summed E-state index contributed by atoms with van der Waals surface area (Å²) < 4.78 is 30.2. The van der Waals surface area contributed by atoms with Crippen LogP contribution in [0.25, 0.3) is 0 Å². The second-order valence-electron chi connectivity index (χ2n) is 7.32. The molecule has 0 bridgehead atoms. The highest BCUT2D eigenvalue weighted by atomic mass is 35.5. The normalized spacial score (nSPS) is 17.7. The van der Waals surface area contributed by atoms with E-state index in [0.29, 0.717) is 23.7 Å². The number of rotatable bonds is 6. The Labute approximate surface area is 176 Å². The quantitative estimate of drug-likeness (QED) is 0.593. The van der Waals surface area contributed by atoms with Gasteiger partial charge in [0.1, 0.15) is 5.82 Å². The van der Waals surface area contributed by atoms with Crippen molar-refractivity contribution in [3.63, 3.8) is 0 Å². The van der Waals surface area contributed by atoms with Crippen molar-refractivity contribution in [3.05, 3.63) is 82.7 Å². The summed E-state index contributed by atoms with van der Waals surface area (Å²) in [6, 6.07) is 10.7. The molecule has 1 atom stereocenters. The Kier molecular flexibility index (Phi) is 5.72. The van der Waals surface area contributed by atoms with Gasteiger partial charge in [-0.05, 0) is 43.0 Å². The fourth-order valence-electron chi connectivity index (χ4n) is 3.85. The van der Waals surface area contributed by atoms with Crippen molar-refractivity contribution in [1.29, 1.82) is 0 Å². The zero-order chi connectivity index (χ0) is 20.4. The summed E-state index contributed by atoms with van der Waals surface area (Å²) >= 11 is 6.20. The highest BCUT2D eigenvalue weighted by molar-refractivity contribution is 7.88. The first-order valence-corrected chi connectivity index (χ1v) is 11.6. The molecule has 1 aliphatic rings. The lowest BCUT2D eigenvalue weighted by atomic mass is 10.2. The van der Waals surface area contributed by atoms with E-state index in [2.05, 4.69) is 14.5 Å². The number of sulfonamides is 1. The molecule has 4 rings (SSSR count). The summed E-state index contributed by atoms with van der Waals surface area (Å²) in [7, 11) is -3.53. The maximum atomic E-state index is 13.2.